The van der Waals surface area contributed by atoms with Gasteiger partial charge in [0.25, 0.3) is 0 Å². The van der Waals surface area contributed by atoms with Crippen LogP contribution in [0.5, 0.6) is 0 Å². The van der Waals surface area contributed by atoms with Gasteiger partial charge in [0.1, 0.15) is 5.82 Å². The molecule has 57 heavy (non-hydrogen) atoms. The average Bonchev–Trinajstić information content (AvgIpc) is 3.47. The lowest BCUT2D eigenvalue weighted by Crippen LogP contribution is -2.36. The zero-order chi connectivity index (χ0) is 37.9. The van der Waals surface area contributed by atoms with Gasteiger partial charge in [-0.3, -0.25) is 0 Å². The second-order valence-corrected chi connectivity index (χ2v) is 18.3. The van der Waals surface area contributed by atoms with Crippen molar-refractivity contribution in [3.8, 4) is 11.4 Å². The van der Waals surface area contributed by atoms with Crippen molar-refractivity contribution in [3.05, 3.63) is 192 Å². The summed E-state index contributed by atoms with van der Waals surface area (Å²) >= 11 is 0. The summed E-state index contributed by atoms with van der Waals surface area (Å²) in [4.78, 5) is 18.1. The van der Waals surface area contributed by atoms with Crippen molar-refractivity contribution in [2.24, 2.45) is 0 Å². The number of benzene rings is 6. The highest BCUT2D eigenvalue weighted by Gasteiger charge is 2.47. The van der Waals surface area contributed by atoms with Crippen LogP contribution in [0.1, 0.15) is 72.8 Å². The van der Waals surface area contributed by atoms with Gasteiger partial charge in [-0.2, -0.15) is 0 Å². The van der Waals surface area contributed by atoms with Crippen LogP contribution >= 0.6 is 7.14 Å². The van der Waals surface area contributed by atoms with E-state index in [9.17, 15) is 0 Å². The molecule has 3 unspecified atom stereocenters. The van der Waals surface area contributed by atoms with Crippen LogP contribution in [0.25, 0.3) is 38.6 Å². The van der Waals surface area contributed by atoms with E-state index in [1.54, 1.807) is 0 Å². The number of allylic oxidation sites excluding steroid dienone is 4. The lowest BCUT2D eigenvalue weighted by molar-refractivity contribution is 0.378. The first-order valence-corrected chi connectivity index (χ1v) is 22.0. The third kappa shape index (κ3) is 5.59. The van der Waals surface area contributed by atoms with E-state index in [1.165, 1.54) is 0 Å². The summed E-state index contributed by atoms with van der Waals surface area (Å²) in [6.07, 6.45) is 12.6. The van der Waals surface area contributed by atoms with Crippen LogP contribution in [-0.2, 0) is 4.57 Å². The SMILES string of the molecule is O=P1(c2ccc3ccccc3c2)C2=C(c3ccccc3N(C3CCCC(c4nc(C5=CCCC=C5)nc(-c5ccccc5)n4)C3)c3ccccc32)c2ccccc21. The molecular formula is C51H41N4OP. The van der Waals surface area contributed by atoms with Gasteiger partial charge in [-0.05, 0) is 66.6 Å². The summed E-state index contributed by atoms with van der Waals surface area (Å²) in [5, 5.41) is 4.98. The fourth-order valence-corrected chi connectivity index (χ4v) is 13.0. The summed E-state index contributed by atoms with van der Waals surface area (Å²) in [5.74, 6) is 2.50. The molecule has 0 radical (unpaired) electrons. The number of aromatic nitrogens is 3. The summed E-state index contributed by atoms with van der Waals surface area (Å²) in [6, 6.07) is 51.1. The van der Waals surface area contributed by atoms with Gasteiger partial charge in [-0.1, -0.05) is 152 Å². The summed E-state index contributed by atoms with van der Waals surface area (Å²) < 4.78 is 16.5. The normalized spacial score (nSPS) is 21.0. The highest BCUT2D eigenvalue weighted by molar-refractivity contribution is 7.88. The molecule has 6 heteroatoms. The minimum absolute atomic E-state index is 0.146. The van der Waals surface area contributed by atoms with E-state index in [-0.39, 0.29) is 12.0 Å². The standard InChI is InChI=1S/C51H41N4OP/c56-57(40-31-30-34-16-7-8-21-37(34)33-40)46-29-14-11-26-43(46)47-41-24-9-12-27-44(41)55(45-28-13-10-25-42(45)48(47)57)39-23-15-22-38(32-39)51-53-49(35-17-3-1-4-18-35)52-50(54-51)36-19-5-2-6-20-36/h1,3-5,7-14,16-21,24-31,33,38-39H,2,6,15,22-23,32H2. The second-order valence-electron chi connectivity index (χ2n) is 15.6. The van der Waals surface area contributed by atoms with Crippen molar-refractivity contribution in [1.29, 1.82) is 0 Å². The van der Waals surface area contributed by atoms with Crippen LogP contribution in [0.15, 0.2) is 164 Å². The Morgan fingerprint density at radius 2 is 1.32 bits per heavy atom. The molecule has 7 aromatic rings. The van der Waals surface area contributed by atoms with Crippen molar-refractivity contribution in [3.63, 3.8) is 0 Å². The smallest absolute Gasteiger partial charge is 0.172 e. The molecule has 3 heterocycles. The minimum atomic E-state index is -3.33. The van der Waals surface area contributed by atoms with E-state index in [4.69, 9.17) is 15.0 Å². The van der Waals surface area contributed by atoms with Crippen LogP contribution in [0, 0.1) is 0 Å². The van der Waals surface area contributed by atoms with Crippen LogP contribution < -0.4 is 15.5 Å². The molecule has 0 bridgehead atoms. The monoisotopic (exact) mass is 756 g/mol. The fourth-order valence-electron chi connectivity index (χ4n) is 9.72. The van der Waals surface area contributed by atoms with Gasteiger partial charge < -0.3 is 9.46 Å². The van der Waals surface area contributed by atoms with Crippen LogP contribution in [0.2, 0.25) is 0 Å². The zero-order valence-electron chi connectivity index (χ0n) is 31.6. The number of hydrogen-bond donors (Lipinski definition) is 0. The van der Waals surface area contributed by atoms with Crippen molar-refractivity contribution >= 4 is 56.4 Å². The fraction of sp³-hybridized carbons (Fsp3) is 0.157. The molecule has 1 saturated carbocycles. The highest BCUT2D eigenvalue weighted by atomic mass is 31.2. The van der Waals surface area contributed by atoms with E-state index >= 15 is 4.57 Å². The van der Waals surface area contributed by atoms with E-state index < -0.39 is 7.14 Å². The second kappa shape index (κ2) is 13.8. The first kappa shape index (κ1) is 34.1. The Kier molecular flexibility index (Phi) is 8.26. The zero-order valence-corrected chi connectivity index (χ0v) is 32.5. The minimum Gasteiger partial charge on any atom is -0.337 e. The third-order valence-electron chi connectivity index (χ3n) is 12.3. The molecular weight excluding hydrogens is 716 g/mol. The molecule has 2 aliphatic heterocycles. The van der Waals surface area contributed by atoms with Gasteiger partial charge >= 0.3 is 0 Å². The van der Waals surface area contributed by atoms with Crippen molar-refractivity contribution in [2.45, 2.75) is 50.5 Å². The Labute approximate surface area is 333 Å². The number of para-hydroxylation sites is 2. The molecule has 4 aliphatic rings. The lowest BCUT2D eigenvalue weighted by Gasteiger charge is -2.40. The summed E-state index contributed by atoms with van der Waals surface area (Å²) in [7, 11) is -3.33. The van der Waals surface area contributed by atoms with Crippen LogP contribution in [0.4, 0.5) is 11.4 Å². The summed E-state index contributed by atoms with van der Waals surface area (Å²) in [5.41, 5.74) is 8.65. The molecule has 6 aromatic carbocycles. The topological polar surface area (TPSA) is 59.0 Å². The predicted octanol–water partition coefficient (Wildman–Crippen LogP) is 11.8. The number of rotatable bonds is 5. The molecule has 11 rings (SSSR count). The van der Waals surface area contributed by atoms with Gasteiger partial charge in [-0.15, -0.1) is 0 Å². The first-order chi connectivity index (χ1) is 28.1. The molecule has 1 fully saturated rings. The van der Waals surface area contributed by atoms with Gasteiger partial charge in [0, 0.05) is 67.1 Å². The maximum atomic E-state index is 16.5. The molecule has 1 aromatic heterocycles. The molecule has 5 nitrogen and oxygen atoms in total. The number of fused-ring (bicyclic) bond motifs is 7. The Hall–Kier alpha value is -6.16. The van der Waals surface area contributed by atoms with Gasteiger partial charge in [-0.25, -0.2) is 15.0 Å². The average molecular weight is 757 g/mol. The molecule has 2 aliphatic carbocycles. The Morgan fingerprint density at radius 1 is 0.614 bits per heavy atom. The van der Waals surface area contributed by atoms with Gasteiger partial charge in [0.15, 0.2) is 18.8 Å². The number of hydrogen-bond acceptors (Lipinski definition) is 5. The molecule has 276 valence electrons. The number of anilines is 2. The largest absolute Gasteiger partial charge is 0.337 e. The maximum absolute atomic E-state index is 16.5. The van der Waals surface area contributed by atoms with E-state index in [2.05, 4.69) is 144 Å². The first-order valence-electron chi connectivity index (χ1n) is 20.3. The molecule has 0 N–H and O–H groups in total. The highest BCUT2D eigenvalue weighted by Crippen LogP contribution is 2.68. The lowest BCUT2D eigenvalue weighted by atomic mass is 9.83. The molecule has 0 saturated heterocycles. The number of nitrogens with zero attached hydrogens (tertiary/aromatic N) is 4. The quantitative estimate of drug-likeness (QED) is 0.164. The molecule has 0 spiro atoms. The van der Waals surface area contributed by atoms with Crippen LogP contribution in [0.3, 0.4) is 0 Å². The van der Waals surface area contributed by atoms with Crippen LogP contribution in [-0.4, -0.2) is 21.0 Å². The van der Waals surface area contributed by atoms with Crippen molar-refractivity contribution in [2.75, 3.05) is 4.90 Å². The Balaban J connectivity index is 1.06. The van der Waals surface area contributed by atoms with Gasteiger partial charge in [0.2, 0.25) is 0 Å². The van der Waals surface area contributed by atoms with E-state index in [0.29, 0.717) is 0 Å². The Morgan fingerprint density at radius 3 is 2.14 bits per heavy atom. The maximum Gasteiger partial charge on any atom is 0.172 e. The Bertz CT molecular complexity index is 2880. The van der Waals surface area contributed by atoms with Gasteiger partial charge in [0.05, 0.1) is 0 Å². The van der Waals surface area contributed by atoms with Crippen molar-refractivity contribution in [1.82, 2.24) is 15.0 Å². The third-order valence-corrected chi connectivity index (χ3v) is 15.5. The predicted molar refractivity (Wildman–Crippen MR) is 235 cm³/mol. The summed E-state index contributed by atoms with van der Waals surface area (Å²) in [6.45, 7) is 0. The van der Waals surface area contributed by atoms with E-state index in [0.717, 1.165) is 127 Å². The molecule has 0 amide bonds. The van der Waals surface area contributed by atoms with E-state index in [1.807, 2.05) is 24.3 Å². The van der Waals surface area contributed by atoms with Crippen molar-refractivity contribution < 1.29 is 4.57 Å². The molecule has 3 atom stereocenters.